The lowest BCUT2D eigenvalue weighted by Crippen LogP contribution is -2.01. The van der Waals surface area contributed by atoms with Gasteiger partial charge in [0.2, 0.25) is 0 Å². The van der Waals surface area contributed by atoms with Gasteiger partial charge in [0.15, 0.2) is 0 Å². The fraction of sp³-hybridized carbons (Fsp3) is 0.133. The van der Waals surface area contributed by atoms with Crippen LogP contribution in [-0.2, 0) is 0 Å². The van der Waals surface area contributed by atoms with Crippen LogP contribution in [0, 0.1) is 13.8 Å². The topological polar surface area (TPSA) is 78.9 Å². The molecule has 0 bridgehead atoms. The van der Waals surface area contributed by atoms with Gasteiger partial charge in [0, 0.05) is 5.69 Å². The van der Waals surface area contributed by atoms with Crippen molar-refractivity contribution in [1.82, 2.24) is 20.2 Å². The fourth-order valence-electron chi connectivity index (χ4n) is 1.99. The Morgan fingerprint density at radius 1 is 1.05 bits per heavy atom. The summed E-state index contributed by atoms with van der Waals surface area (Å²) in [5, 5.41) is 11.6. The summed E-state index contributed by atoms with van der Waals surface area (Å²) in [4.78, 5) is 0. The summed E-state index contributed by atoms with van der Waals surface area (Å²) in [5.74, 6) is 0.689. The van der Waals surface area contributed by atoms with E-state index in [0.717, 1.165) is 22.5 Å². The molecule has 0 atom stereocenters. The minimum atomic E-state index is 0.313. The van der Waals surface area contributed by atoms with Crippen molar-refractivity contribution >= 4 is 5.69 Å². The molecule has 1 heterocycles. The first kappa shape index (κ1) is 13.1. The lowest BCUT2D eigenvalue weighted by molar-refractivity contribution is 0.424. The van der Waals surface area contributed by atoms with Crippen molar-refractivity contribution in [3.63, 3.8) is 0 Å². The van der Waals surface area contributed by atoms with Crippen molar-refractivity contribution in [1.29, 1.82) is 0 Å². The molecule has 0 unspecified atom stereocenters. The van der Waals surface area contributed by atoms with Gasteiger partial charge < -0.3 is 10.5 Å². The number of para-hydroxylation sites is 1. The van der Waals surface area contributed by atoms with Gasteiger partial charge in [-0.25, -0.2) is 0 Å². The molecule has 6 heteroatoms. The van der Waals surface area contributed by atoms with Crippen LogP contribution in [0.5, 0.6) is 11.8 Å². The molecule has 6 nitrogen and oxygen atoms in total. The predicted octanol–water partition coefficient (Wildman–Crippen LogP) is 2.65. The SMILES string of the molecule is Cc1cc(Oc2nnnn2-c2ccccc2)c(C)cc1N. The lowest BCUT2D eigenvalue weighted by Gasteiger charge is -2.10. The summed E-state index contributed by atoms with van der Waals surface area (Å²) >= 11 is 0. The zero-order valence-electron chi connectivity index (χ0n) is 11.8. The largest absolute Gasteiger partial charge is 0.423 e. The number of aryl methyl sites for hydroxylation is 2. The van der Waals surface area contributed by atoms with E-state index in [1.807, 2.05) is 56.3 Å². The highest BCUT2D eigenvalue weighted by Crippen LogP contribution is 2.28. The van der Waals surface area contributed by atoms with E-state index < -0.39 is 0 Å². The van der Waals surface area contributed by atoms with E-state index in [1.165, 1.54) is 0 Å². The number of ether oxygens (including phenoxy) is 1. The second kappa shape index (κ2) is 5.24. The molecule has 0 aliphatic carbocycles. The molecule has 0 saturated carbocycles. The van der Waals surface area contributed by atoms with Gasteiger partial charge in [0.05, 0.1) is 5.69 Å². The van der Waals surface area contributed by atoms with E-state index in [2.05, 4.69) is 15.5 Å². The Labute approximate surface area is 122 Å². The quantitative estimate of drug-likeness (QED) is 0.747. The monoisotopic (exact) mass is 281 g/mol. The predicted molar refractivity (Wildman–Crippen MR) is 79.6 cm³/mol. The van der Waals surface area contributed by atoms with Crippen LogP contribution in [0.15, 0.2) is 42.5 Å². The standard InChI is InChI=1S/C15H15N5O/c1-10-9-14(11(2)8-13(10)16)21-15-17-18-19-20(15)12-6-4-3-5-7-12/h3-9H,16H2,1-2H3. The highest BCUT2D eigenvalue weighted by atomic mass is 16.5. The minimum Gasteiger partial charge on any atom is -0.423 e. The molecule has 0 radical (unpaired) electrons. The van der Waals surface area contributed by atoms with Crippen molar-refractivity contribution in [3.05, 3.63) is 53.6 Å². The zero-order valence-corrected chi connectivity index (χ0v) is 11.8. The maximum Gasteiger partial charge on any atom is 0.345 e. The molecular formula is C15H15N5O. The molecule has 0 amide bonds. The van der Waals surface area contributed by atoms with Crippen LogP contribution in [0.25, 0.3) is 5.69 Å². The first-order valence-corrected chi connectivity index (χ1v) is 6.53. The lowest BCUT2D eigenvalue weighted by atomic mass is 10.1. The molecule has 0 fully saturated rings. The Balaban J connectivity index is 1.97. The van der Waals surface area contributed by atoms with Crippen molar-refractivity contribution in [2.24, 2.45) is 0 Å². The van der Waals surface area contributed by atoms with E-state index in [9.17, 15) is 0 Å². The Morgan fingerprint density at radius 3 is 2.57 bits per heavy atom. The van der Waals surface area contributed by atoms with Crippen molar-refractivity contribution < 1.29 is 4.74 Å². The highest BCUT2D eigenvalue weighted by Gasteiger charge is 2.12. The Hall–Kier alpha value is -2.89. The van der Waals surface area contributed by atoms with Gasteiger partial charge in [-0.1, -0.05) is 23.3 Å². The van der Waals surface area contributed by atoms with E-state index in [1.54, 1.807) is 4.68 Å². The first-order chi connectivity index (χ1) is 10.1. The summed E-state index contributed by atoms with van der Waals surface area (Å²) in [7, 11) is 0. The average molecular weight is 281 g/mol. The number of nitrogens with zero attached hydrogens (tertiary/aromatic N) is 4. The average Bonchev–Trinajstić information content (AvgIpc) is 2.94. The Bertz CT molecular complexity index is 767. The molecule has 0 saturated heterocycles. The van der Waals surface area contributed by atoms with E-state index in [4.69, 9.17) is 10.5 Å². The third kappa shape index (κ3) is 2.55. The second-order valence-corrected chi connectivity index (χ2v) is 4.79. The maximum absolute atomic E-state index is 5.88. The molecule has 1 aromatic heterocycles. The van der Waals surface area contributed by atoms with E-state index >= 15 is 0 Å². The van der Waals surface area contributed by atoms with Crippen LogP contribution >= 0.6 is 0 Å². The molecule has 2 N–H and O–H groups in total. The van der Waals surface area contributed by atoms with E-state index in [-0.39, 0.29) is 0 Å². The summed E-state index contributed by atoms with van der Waals surface area (Å²) < 4.78 is 7.39. The Kier molecular flexibility index (Phi) is 3.27. The number of hydrogen-bond acceptors (Lipinski definition) is 5. The normalized spacial score (nSPS) is 10.6. The number of rotatable bonds is 3. The van der Waals surface area contributed by atoms with Crippen molar-refractivity contribution in [2.45, 2.75) is 13.8 Å². The molecule has 2 aromatic carbocycles. The number of nitrogens with two attached hydrogens (primary N) is 1. The highest BCUT2D eigenvalue weighted by molar-refractivity contribution is 5.54. The zero-order chi connectivity index (χ0) is 14.8. The molecule has 0 spiro atoms. The molecule has 106 valence electrons. The fourth-order valence-corrected chi connectivity index (χ4v) is 1.99. The van der Waals surface area contributed by atoms with Gasteiger partial charge in [0.1, 0.15) is 5.75 Å². The van der Waals surface area contributed by atoms with Gasteiger partial charge >= 0.3 is 6.01 Å². The molecule has 0 aliphatic rings. The van der Waals surface area contributed by atoms with Gasteiger partial charge in [0.25, 0.3) is 0 Å². The summed E-state index contributed by atoms with van der Waals surface area (Å²) in [6.07, 6.45) is 0. The number of tetrazole rings is 1. The minimum absolute atomic E-state index is 0.313. The van der Waals surface area contributed by atoms with Crippen LogP contribution in [0.1, 0.15) is 11.1 Å². The second-order valence-electron chi connectivity index (χ2n) is 4.79. The molecule has 3 rings (SSSR count). The molecule has 0 aliphatic heterocycles. The molecule has 3 aromatic rings. The Morgan fingerprint density at radius 2 is 1.81 bits per heavy atom. The van der Waals surface area contributed by atoms with Crippen LogP contribution in [0.4, 0.5) is 5.69 Å². The smallest absolute Gasteiger partial charge is 0.345 e. The third-order valence-corrected chi connectivity index (χ3v) is 3.21. The van der Waals surface area contributed by atoms with Crippen LogP contribution in [0.2, 0.25) is 0 Å². The molecular weight excluding hydrogens is 266 g/mol. The number of aromatic nitrogens is 4. The summed E-state index contributed by atoms with van der Waals surface area (Å²) in [6, 6.07) is 13.7. The van der Waals surface area contributed by atoms with E-state index in [0.29, 0.717) is 11.8 Å². The third-order valence-electron chi connectivity index (χ3n) is 3.21. The number of benzene rings is 2. The van der Waals surface area contributed by atoms with Crippen LogP contribution < -0.4 is 10.5 Å². The van der Waals surface area contributed by atoms with Crippen molar-refractivity contribution in [2.75, 3.05) is 5.73 Å². The number of hydrogen-bond donors (Lipinski definition) is 1. The molecule has 21 heavy (non-hydrogen) atoms. The van der Waals surface area contributed by atoms with Crippen molar-refractivity contribution in [3.8, 4) is 17.4 Å². The summed E-state index contributed by atoms with van der Waals surface area (Å²) in [5.41, 5.74) is 9.34. The van der Waals surface area contributed by atoms with Gasteiger partial charge in [-0.05, 0) is 59.7 Å². The van der Waals surface area contributed by atoms with Gasteiger partial charge in [-0.2, -0.15) is 4.68 Å². The number of nitrogen functional groups attached to an aromatic ring is 1. The number of anilines is 1. The van der Waals surface area contributed by atoms with Crippen LogP contribution in [0.3, 0.4) is 0 Å². The van der Waals surface area contributed by atoms with Gasteiger partial charge in [-0.3, -0.25) is 0 Å². The van der Waals surface area contributed by atoms with Gasteiger partial charge in [-0.15, -0.1) is 0 Å². The maximum atomic E-state index is 5.88. The summed E-state index contributed by atoms with van der Waals surface area (Å²) in [6.45, 7) is 3.86. The first-order valence-electron chi connectivity index (χ1n) is 6.53. The van der Waals surface area contributed by atoms with Crippen LogP contribution in [-0.4, -0.2) is 20.2 Å².